The van der Waals surface area contributed by atoms with Crippen LogP contribution in [0.2, 0.25) is 10.0 Å². The van der Waals surface area contributed by atoms with E-state index in [0.29, 0.717) is 16.7 Å². The van der Waals surface area contributed by atoms with Crippen molar-refractivity contribution >= 4 is 53.0 Å². The molecule has 0 aromatic heterocycles. The van der Waals surface area contributed by atoms with E-state index >= 15 is 0 Å². The van der Waals surface area contributed by atoms with Crippen molar-refractivity contribution in [2.24, 2.45) is 0 Å². The molecule has 0 saturated carbocycles. The summed E-state index contributed by atoms with van der Waals surface area (Å²) in [5, 5.41) is 0.322. The molecule has 5 atom stereocenters. The maximum atomic E-state index is 12.0. The van der Waals surface area contributed by atoms with E-state index < -0.39 is 67.2 Å². The number of ether oxygens (including phenoxy) is 7. The zero-order valence-corrected chi connectivity index (χ0v) is 24.7. The molecule has 12 nitrogen and oxygen atoms in total. The monoisotopic (exact) mass is 626 g/mol. The zero-order valence-electron chi connectivity index (χ0n) is 23.2. The standard InChI is InChI=1S/C28H28Cl2O12/c1-13(31)37-12-22-24(38-14(2)32)25(39-15(3)33)26(40-16(4)34)28(42-22)41-19-10-20(29)23(21(30)11-19)17-6-8-18(9-7-17)27(35)36-5/h6-11,22,24-26,28H,12H2,1-5H3/t22-,24-,25+,26+,28-/m1/s1. The molecule has 0 N–H and O–H groups in total. The van der Waals surface area contributed by atoms with Crippen LogP contribution >= 0.6 is 23.2 Å². The summed E-state index contributed by atoms with van der Waals surface area (Å²) in [6, 6.07) is 9.22. The molecule has 1 heterocycles. The first-order chi connectivity index (χ1) is 19.8. The normalized spacial score (nSPS) is 21.5. The van der Waals surface area contributed by atoms with Crippen LogP contribution in [0.25, 0.3) is 11.1 Å². The van der Waals surface area contributed by atoms with Gasteiger partial charge in [-0.25, -0.2) is 4.79 Å². The molecule has 226 valence electrons. The lowest BCUT2D eigenvalue weighted by atomic mass is 9.98. The maximum Gasteiger partial charge on any atom is 0.337 e. The Bertz CT molecular complexity index is 1320. The van der Waals surface area contributed by atoms with Gasteiger partial charge in [0.15, 0.2) is 12.2 Å². The molecule has 3 rings (SSSR count). The van der Waals surface area contributed by atoms with Crippen molar-refractivity contribution < 1.29 is 57.1 Å². The van der Waals surface area contributed by atoms with E-state index in [-0.39, 0.29) is 15.8 Å². The molecular formula is C28H28Cl2O12. The van der Waals surface area contributed by atoms with E-state index in [9.17, 15) is 24.0 Å². The molecule has 2 aromatic carbocycles. The summed E-state index contributed by atoms with van der Waals surface area (Å²) in [6.45, 7) is 4.09. The number of halogens is 2. The number of hydrogen-bond donors (Lipinski definition) is 0. The van der Waals surface area contributed by atoms with Crippen molar-refractivity contribution in [2.75, 3.05) is 13.7 Å². The van der Waals surface area contributed by atoms with Gasteiger partial charge in [0.05, 0.1) is 22.7 Å². The molecule has 42 heavy (non-hydrogen) atoms. The SMILES string of the molecule is COC(=O)c1ccc(-c2c(Cl)cc(O[C@@H]3O[C@H](COC(C)=O)[C@@H](OC(C)=O)[C@H](OC(C)=O)[C@@H]3OC(C)=O)cc2Cl)cc1. The van der Waals surface area contributed by atoms with Crippen LogP contribution < -0.4 is 4.74 Å². The predicted octanol–water partition coefficient (Wildman–Crippen LogP) is 3.91. The van der Waals surface area contributed by atoms with Gasteiger partial charge < -0.3 is 33.2 Å². The van der Waals surface area contributed by atoms with Crippen molar-refractivity contribution in [3.05, 3.63) is 52.0 Å². The van der Waals surface area contributed by atoms with Gasteiger partial charge in [0.2, 0.25) is 12.4 Å². The Balaban J connectivity index is 1.99. The first-order valence-electron chi connectivity index (χ1n) is 12.5. The van der Waals surface area contributed by atoms with Crippen LogP contribution in [0.5, 0.6) is 5.75 Å². The van der Waals surface area contributed by atoms with Crippen molar-refractivity contribution in [1.82, 2.24) is 0 Å². The van der Waals surface area contributed by atoms with E-state index in [1.165, 1.54) is 19.2 Å². The van der Waals surface area contributed by atoms with Gasteiger partial charge in [-0.05, 0) is 29.8 Å². The fraction of sp³-hybridized carbons (Fsp3) is 0.393. The third kappa shape index (κ3) is 8.34. The van der Waals surface area contributed by atoms with Crippen molar-refractivity contribution in [1.29, 1.82) is 0 Å². The van der Waals surface area contributed by atoms with E-state index in [1.807, 2.05) is 0 Å². The highest BCUT2D eigenvalue weighted by Gasteiger charge is 2.53. The number of benzene rings is 2. The number of carbonyl (C=O) groups is 5. The molecule has 1 aliphatic heterocycles. The Morgan fingerprint density at radius 3 is 1.79 bits per heavy atom. The Kier molecular flexibility index (Phi) is 11.1. The van der Waals surface area contributed by atoms with Crippen molar-refractivity contribution in [3.63, 3.8) is 0 Å². The van der Waals surface area contributed by atoms with Crippen LogP contribution in [0.1, 0.15) is 38.1 Å². The summed E-state index contributed by atoms with van der Waals surface area (Å²) < 4.78 is 37.9. The molecule has 14 heteroatoms. The summed E-state index contributed by atoms with van der Waals surface area (Å²) in [5.41, 5.74) is 1.36. The number of esters is 5. The van der Waals surface area contributed by atoms with Crippen LogP contribution in [-0.2, 0) is 47.6 Å². The summed E-state index contributed by atoms with van der Waals surface area (Å²) in [4.78, 5) is 59.2. The smallest absolute Gasteiger partial charge is 0.337 e. The molecular weight excluding hydrogens is 599 g/mol. The van der Waals surface area contributed by atoms with Crippen molar-refractivity contribution in [3.8, 4) is 16.9 Å². The Hall–Kier alpha value is -3.87. The molecule has 0 amide bonds. The Morgan fingerprint density at radius 2 is 1.29 bits per heavy atom. The fourth-order valence-corrected chi connectivity index (χ4v) is 4.89. The topological polar surface area (TPSA) is 150 Å². The summed E-state index contributed by atoms with van der Waals surface area (Å²) in [5.74, 6) is -3.42. The highest BCUT2D eigenvalue weighted by molar-refractivity contribution is 6.39. The van der Waals surface area contributed by atoms with Crippen LogP contribution in [0.4, 0.5) is 0 Å². The molecule has 0 bridgehead atoms. The minimum atomic E-state index is -1.47. The van der Waals surface area contributed by atoms with Gasteiger partial charge in [0.25, 0.3) is 0 Å². The molecule has 0 spiro atoms. The van der Waals surface area contributed by atoms with Gasteiger partial charge in [0, 0.05) is 33.3 Å². The number of carbonyl (C=O) groups excluding carboxylic acids is 5. The fourth-order valence-electron chi connectivity index (χ4n) is 4.20. The van der Waals surface area contributed by atoms with E-state index in [0.717, 1.165) is 27.7 Å². The van der Waals surface area contributed by atoms with E-state index in [1.54, 1.807) is 24.3 Å². The molecule has 1 fully saturated rings. The van der Waals surface area contributed by atoms with Crippen LogP contribution in [0, 0.1) is 0 Å². The summed E-state index contributed by atoms with van der Waals surface area (Å²) in [6.07, 6.45) is -6.85. The second-order valence-corrected chi connectivity index (χ2v) is 9.83. The maximum absolute atomic E-state index is 12.0. The summed E-state index contributed by atoms with van der Waals surface area (Å²) in [7, 11) is 1.27. The first kappa shape index (κ1) is 32.6. The van der Waals surface area contributed by atoms with Gasteiger partial charge in [-0.15, -0.1) is 0 Å². The molecule has 2 aromatic rings. The average Bonchev–Trinajstić information content (AvgIpc) is 2.89. The molecule has 0 unspecified atom stereocenters. The Labute approximate surface area is 251 Å². The van der Waals surface area contributed by atoms with Crippen molar-refractivity contribution in [2.45, 2.75) is 58.4 Å². The predicted molar refractivity (Wildman–Crippen MR) is 146 cm³/mol. The van der Waals surface area contributed by atoms with Crippen LogP contribution in [0.15, 0.2) is 36.4 Å². The van der Waals surface area contributed by atoms with E-state index in [2.05, 4.69) is 0 Å². The van der Waals surface area contributed by atoms with E-state index in [4.69, 9.17) is 56.4 Å². The minimum Gasteiger partial charge on any atom is -0.465 e. The lowest BCUT2D eigenvalue weighted by Crippen LogP contribution is -2.63. The third-order valence-electron chi connectivity index (χ3n) is 5.81. The third-order valence-corrected chi connectivity index (χ3v) is 6.41. The van der Waals surface area contributed by atoms with Gasteiger partial charge in [-0.3, -0.25) is 19.2 Å². The Morgan fingerprint density at radius 1 is 0.762 bits per heavy atom. The minimum absolute atomic E-state index is 0.0702. The van der Waals surface area contributed by atoms with Crippen LogP contribution in [-0.4, -0.2) is 74.3 Å². The second-order valence-electron chi connectivity index (χ2n) is 9.02. The lowest BCUT2D eigenvalue weighted by molar-refractivity contribution is -0.288. The molecule has 0 radical (unpaired) electrons. The quantitative estimate of drug-likeness (QED) is 0.293. The number of methoxy groups -OCH3 is 1. The average molecular weight is 627 g/mol. The largest absolute Gasteiger partial charge is 0.465 e. The summed E-state index contributed by atoms with van der Waals surface area (Å²) >= 11 is 13.1. The molecule has 0 aliphatic carbocycles. The zero-order chi connectivity index (χ0) is 31.1. The number of hydrogen-bond acceptors (Lipinski definition) is 12. The van der Waals surface area contributed by atoms with Gasteiger partial charge in [-0.1, -0.05) is 35.3 Å². The molecule has 1 saturated heterocycles. The number of rotatable bonds is 9. The van der Waals surface area contributed by atoms with Gasteiger partial charge in [-0.2, -0.15) is 0 Å². The highest BCUT2D eigenvalue weighted by atomic mass is 35.5. The molecule has 1 aliphatic rings. The first-order valence-corrected chi connectivity index (χ1v) is 13.2. The second kappa shape index (κ2) is 14.3. The lowest BCUT2D eigenvalue weighted by Gasteiger charge is -2.43. The van der Waals surface area contributed by atoms with Gasteiger partial charge >= 0.3 is 29.8 Å². The van der Waals surface area contributed by atoms with Gasteiger partial charge in [0.1, 0.15) is 18.5 Å². The van der Waals surface area contributed by atoms with Crippen LogP contribution in [0.3, 0.4) is 0 Å². The highest BCUT2D eigenvalue weighted by Crippen LogP contribution is 2.39.